The van der Waals surface area contributed by atoms with Crippen molar-refractivity contribution in [2.45, 2.75) is 0 Å². The lowest BCUT2D eigenvalue weighted by Crippen LogP contribution is -1.99. The van der Waals surface area contributed by atoms with Crippen LogP contribution in [-0.2, 0) is 0 Å². The highest BCUT2D eigenvalue weighted by Gasteiger charge is 2.14. The second-order valence-corrected chi connectivity index (χ2v) is 4.70. The van der Waals surface area contributed by atoms with Gasteiger partial charge in [0.2, 0.25) is 0 Å². The van der Waals surface area contributed by atoms with Gasteiger partial charge in [-0.25, -0.2) is 14.6 Å². The van der Waals surface area contributed by atoms with Gasteiger partial charge in [-0.2, -0.15) is 5.10 Å². The molecule has 0 fully saturated rings. The zero-order valence-electron chi connectivity index (χ0n) is 8.81. The van der Waals surface area contributed by atoms with Crippen LogP contribution in [0.15, 0.2) is 30.7 Å². The highest BCUT2D eigenvalue weighted by molar-refractivity contribution is 6.38. The van der Waals surface area contributed by atoms with Gasteiger partial charge in [0, 0.05) is 0 Å². The van der Waals surface area contributed by atoms with Crippen molar-refractivity contribution in [3.63, 3.8) is 0 Å². The van der Waals surface area contributed by atoms with Gasteiger partial charge in [-0.3, -0.25) is 0 Å². The molecule has 0 saturated heterocycles. The molecule has 2 aromatic heterocycles. The molecule has 0 saturated carbocycles. The summed E-state index contributed by atoms with van der Waals surface area (Å²) in [7, 11) is 0. The lowest BCUT2D eigenvalue weighted by molar-refractivity contribution is 0.895. The second kappa shape index (κ2) is 4.39. The molecule has 90 valence electrons. The average molecular weight is 300 g/mol. The highest BCUT2D eigenvalue weighted by atomic mass is 35.5. The van der Waals surface area contributed by atoms with Crippen molar-refractivity contribution in [3.8, 4) is 5.69 Å². The summed E-state index contributed by atoms with van der Waals surface area (Å²) in [6.07, 6.45) is 2.95. The highest BCUT2D eigenvalue weighted by Crippen LogP contribution is 2.30. The summed E-state index contributed by atoms with van der Waals surface area (Å²) in [5.41, 5.74) is 1.13. The van der Waals surface area contributed by atoms with E-state index in [1.54, 1.807) is 29.1 Å². The second-order valence-electron chi connectivity index (χ2n) is 3.53. The number of aromatic nitrogens is 4. The van der Waals surface area contributed by atoms with Gasteiger partial charge in [0.05, 0.1) is 21.6 Å². The Labute approximate surface area is 117 Å². The van der Waals surface area contributed by atoms with Crippen molar-refractivity contribution in [1.82, 2.24) is 19.7 Å². The maximum atomic E-state index is 6.14. The van der Waals surface area contributed by atoms with Crippen LogP contribution in [0.5, 0.6) is 0 Å². The Hall–Kier alpha value is -1.36. The Bertz CT molecular complexity index is 718. The van der Waals surface area contributed by atoms with Crippen LogP contribution < -0.4 is 0 Å². The van der Waals surface area contributed by atoms with E-state index >= 15 is 0 Å². The number of para-hydroxylation sites is 1. The van der Waals surface area contributed by atoms with E-state index in [-0.39, 0.29) is 0 Å². The molecule has 0 atom stereocenters. The topological polar surface area (TPSA) is 43.6 Å². The Morgan fingerprint density at radius 3 is 2.44 bits per heavy atom. The van der Waals surface area contributed by atoms with Crippen molar-refractivity contribution in [2.24, 2.45) is 0 Å². The van der Waals surface area contributed by atoms with Crippen LogP contribution in [0.25, 0.3) is 16.7 Å². The van der Waals surface area contributed by atoms with E-state index in [0.717, 1.165) is 0 Å². The van der Waals surface area contributed by atoms with Crippen LogP contribution in [-0.4, -0.2) is 19.7 Å². The molecule has 0 aliphatic heterocycles. The van der Waals surface area contributed by atoms with Crippen molar-refractivity contribution in [2.75, 3.05) is 0 Å². The van der Waals surface area contributed by atoms with Crippen LogP contribution >= 0.6 is 34.8 Å². The fraction of sp³-hybridized carbons (Fsp3) is 0. The first-order valence-corrected chi connectivity index (χ1v) is 6.10. The minimum atomic E-state index is 0.342. The Morgan fingerprint density at radius 2 is 1.72 bits per heavy atom. The van der Waals surface area contributed by atoms with E-state index in [0.29, 0.717) is 31.9 Å². The largest absolute Gasteiger partial charge is 0.224 e. The van der Waals surface area contributed by atoms with Crippen LogP contribution in [0, 0.1) is 0 Å². The first kappa shape index (κ1) is 11.7. The maximum Gasteiger partial charge on any atom is 0.167 e. The first-order chi connectivity index (χ1) is 8.68. The van der Waals surface area contributed by atoms with Crippen LogP contribution in [0.2, 0.25) is 15.2 Å². The molecule has 18 heavy (non-hydrogen) atoms. The monoisotopic (exact) mass is 298 g/mol. The fourth-order valence-electron chi connectivity index (χ4n) is 1.67. The van der Waals surface area contributed by atoms with E-state index in [1.165, 1.54) is 6.33 Å². The van der Waals surface area contributed by atoms with Gasteiger partial charge < -0.3 is 0 Å². The number of halogens is 3. The summed E-state index contributed by atoms with van der Waals surface area (Å²) in [5.74, 6) is 0. The van der Waals surface area contributed by atoms with Gasteiger partial charge in [-0.05, 0) is 12.1 Å². The summed E-state index contributed by atoms with van der Waals surface area (Å²) in [4.78, 5) is 8.04. The van der Waals surface area contributed by atoms with Gasteiger partial charge in [0.1, 0.15) is 17.2 Å². The molecule has 0 aliphatic carbocycles. The summed E-state index contributed by atoms with van der Waals surface area (Å²) in [5, 5.41) is 6.18. The molecule has 2 heterocycles. The van der Waals surface area contributed by atoms with Crippen molar-refractivity contribution < 1.29 is 0 Å². The smallest absolute Gasteiger partial charge is 0.167 e. The maximum absolute atomic E-state index is 6.14. The molecule has 4 nitrogen and oxygen atoms in total. The molecule has 0 amide bonds. The SMILES string of the molecule is Clc1cccc(Cl)c1-n1ncc2c(Cl)ncnc21. The molecule has 0 bridgehead atoms. The van der Waals surface area contributed by atoms with E-state index in [2.05, 4.69) is 15.1 Å². The van der Waals surface area contributed by atoms with Gasteiger partial charge >= 0.3 is 0 Å². The van der Waals surface area contributed by atoms with Gasteiger partial charge in [0.15, 0.2) is 5.65 Å². The van der Waals surface area contributed by atoms with Crippen molar-refractivity contribution in [3.05, 3.63) is 45.9 Å². The van der Waals surface area contributed by atoms with E-state index in [4.69, 9.17) is 34.8 Å². The Balaban J connectivity index is 2.36. The van der Waals surface area contributed by atoms with Crippen molar-refractivity contribution >= 4 is 45.8 Å². The number of hydrogen-bond acceptors (Lipinski definition) is 3. The lowest BCUT2D eigenvalue weighted by Gasteiger charge is -2.07. The molecular weight excluding hydrogens is 295 g/mol. The van der Waals surface area contributed by atoms with Crippen LogP contribution in [0.3, 0.4) is 0 Å². The van der Waals surface area contributed by atoms with Gasteiger partial charge in [-0.1, -0.05) is 40.9 Å². The molecule has 0 unspecified atom stereocenters. The number of nitrogens with zero attached hydrogens (tertiary/aromatic N) is 4. The molecule has 0 N–H and O–H groups in total. The van der Waals surface area contributed by atoms with Gasteiger partial charge in [0.25, 0.3) is 0 Å². The molecule has 1 aromatic carbocycles. The van der Waals surface area contributed by atoms with E-state index < -0.39 is 0 Å². The zero-order valence-corrected chi connectivity index (χ0v) is 11.1. The summed E-state index contributed by atoms with van der Waals surface area (Å²) >= 11 is 18.2. The van der Waals surface area contributed by atoms with Gasteiger partial charge in [-0.15, -0.1) is 0 Å². The number of benzene rings is 1. The third kappa shape index (κ3) is 1.73. The predicted molar refractivity (Wildman–Crippen MR) is 71.7 cm³/mol. The summed E-state index contributed by atoms with van der Waals surface area (Å²) in [6, 6.07) is 5.24. The van der Waals surface area contributed by atoms with Crippen molar-refractivity contribution in [1.29, 1.82) is 0 Å². The molecule has 3 aromatic rings. The quantitative estimate of drug-likeness (QED) is 0.642. The molecule has 0 spiro atoms. The first-order valence-electron chi connectivity index (χ1n) is 4.97. The van der Waals surface area contributed by atoms with Crippen LogP contribution in [0.4, 0.5) is 0 Å². The standard InChI is InChI=1S/C11H5Cl3N4/c12-7-2-1-3-8(13)9(7)18-11-6(4-17-18)10(14)15-5-16-11/h1-5H. The van der Waals surface area contributed by atoms with Crippen LogP contribution in [0.1, 0.15) is 0 Å². The summed E-state index contributed by atoms with van der Waals surface area (Å²) < 4.78 is 1.55. The molecule has 3 rings (SSSR count). The molecule has 0 aliphatic rings. The third-order valence-electron chi connectivity index (χ3n) is 2.47. The minimum absolute atomic E-state index is 0.342. The fourth-order valence-corrected chi connectivity index (χ4v) is 2.41. The Morgan fingerprint density at radius 1 is 1.00 bits per heavy atom. The summed E-state index contributed by atoms with van der Waals surface area (Å²) in [6.45, 7) is 0. The predicted octanol–water partition coefficient (Wildman–Crippen LogP) is 3.78. The molecule has 0 radical (unpaired) electrons. The lowest BCUT2D eigenvalue weighted by atomic mass is 10.3. The number of hydrogen-bond donors (Lipinski definition) is 0. The minimum Gasteiger partial charge on any atom is -0.224 e. The molecular formula is C11H5Cl3N4. The Kier molecular flexibility index (Phi) is 2.86. The van der Waals surface area contributed by atoms with E-state index in [1.807, 2.05) is 0 Å². The average Bonchev–Trinajstić information content (AvgIpc) is 2.75. The zero-order chi connectivity index (χ0) is 12.7. The molecule has 7 heteroatoms. The third-order valence-corrected chi connectivity index (χ3v) is 3.38. The number of fused-ring (bicyclic) bond motifs is 1. The van der Waals surface area contributed by atoms with E-state index in [9.17, 15) is 0 Å². The normalized spacial score (nSPS) is 11.1. The number of rotatable bonds is 1.